The lowest BCUT2D eigenvalue weighted by atomic mass is 10.2. The molecule has 1 amide bonds. The van der Waals surface area contributed by atoms with Crippen LogP contribution in [0.2, 0.25) is 0 Å². The van der Waals surface area contributed by atoms with Crippen LogP contribution in [0.3, 0.4) is 0 Å². The van der Waals surface area contributed by atoms with Crippen molar-refractivity contribution in [3.05, 3.63) is 81.4 Å². The highest BCUT2D eigenvalue weighted by Crippen LogP contribution is 2.35. The molecule has 6 heteroatoms. The fraction of sp³-hybridized carbons (Fsp3) is 0.200. The summed E-state index contributed by atoms with van der Waals surface area (Å²) in [6.07, 6.45) is 1.81. The zero-order valence-electron chi connectivity index (χ0n) is 17.6. The average molecular weight is 495 g/mol. The molecule has 0 unspecified atom stereocenters. The topological polar surface area (TPSA) is 45.8 Å². The quantitative estimate of drug-likeness (QED) is 0.350. The molecule has 0 saturated carbocycles. The van der Waals surface area contributed by atoms with E-state index in [1.807, 2.05) is 67.6 Å². The third kappa shape index (κ3) is 5.20. The van der Waals surface area contributed by atoms with Gasteiger partial charge in [0.1, 0.15) is 11.5 Å². The number of carbonyl (C=O) groups excluding carboxylic acids is 1. The van der Waals surface area contributed by atoms with E-state index >= 15 is 0 Å². The molecule has 0 N–H and O–H groups in total. The third-order valence-corrected chi connectivity index (χ3v) is 6.26. The number of halogens is 1. The van der Waals surface area contributed by atoms with Gasteiger partial charge in [-0.3, -0.25) is 9.69 Å². The summed E-state index contributed by atoms with van der Waals surface area (Å²) in [7, 11) is 0. The van der Waals surface area contributed by atoms with E-state index in [2.05, 4.69) is 29.8 Å². The van der Waals surface area contributed by atoms with Gasteiger partial charge in [-0.05, 0) is 61.0 Å². The van der Waals surface area contributed by atoms with Crippen LogP contribution in [0.1, 0.15) is 25.2 Å². The maximum absolute atomic E-state index is 13.1. The number of furan rings is 1. The number of nitrogens with zero attached hydrogens (tertiary/aromatic N) is 2. The minimum absolute atomic E-state index is 0.0360. The number of aliphatic imine (C=N–C) groups is 1. The Kier molecular flexibility index (Phi) is 6.49. The fourth-order valence-electron chi connectivity index (χ4n) is 3.18. The van der Waals surface area contributed by atoms with E-state index in [9.17, 15) is 4.79 Å². The van der Waals surface area contributed by atoms with Crippen molar-refractivity contribution in [3.63, 3.8) is 0 Å². The van der Waals surface area contributed by atoms with Gasteiger partial charge >= 0.3 is 0 Å². The second-order valence-corrected chi connectivity index (χ2v) is 9.78. The molecule has 2 aromatic carbocycles. The Balaban J connectivity index is 1.62. The molecule has 2 heterocycles. The number of benzene rings is 2. The van der Waals surface area contributed by atoms with Crippen LogP contribution in [0.15, 0.2) is 79.5 Å². The van der Waals surface area contributed by atoms with Gasteiger partial charge in [-0.15, -0.1) is 0 Å². The first kappa shape index (κ1) is 21.7. The van der Waals surface area contributed by atoms with Crippen molar-refractivity contribution < 1.29 is 9.21 Å². The maximum Gasteiger partial charge on any atom is 0.266 e. The smallest absolute Gasteiger partial charge is 0.266 e. The van der Waals surface area contributed by atoms with E-state index < -0.39 is 0 Å². The summed E-state index contributed by atoms with van der Waals surface area (Å²) in [6, 6.07) is 19.7. The highest BCUT2D eigenvalue weighted by atomic mass is 79.9. The summed E-state index contributed by atoms with van der Waals surface area (Å²) < 4.78 is 7.00. The molecule has 0 bridgehead atoms. The van der Waals surface area contributed by atoms with Gasteiger partial charge in [-0.25, -0.2) is 4.99 Å². The molecule has 0 radical (unpaired) electrons. The number of amidine groups is 1. The summed E-state index contributed by atoms with van der Waals surface area (Å²) in [4.78, 5) is 20.2. The van der Waals surface area contributed by atoms with E-state index in [0.29, 0.717) is 28.3 Å². The van der Waals surface area contributed by atoms with Crippen LogP contribution in [-0.2, 0) is 4.79 Å². The lowest BCUT2D eigenvalue weighted by Gasteiger charge is -2.17. The van der Waals surface area contributed by atoms with Crippen molar-refractivity contribution in [2.45, 2.75) is 20.8 Å². The van der Waals surface area contributed by atoms with E-state index in [0.717, 1.165) is 21.5 Å². The molecule has 1 aromatic heterocycles. The van der Waals surface area contributed by atoms with Crippen molar-refractivity contribution in [1.29, 1.82) is 0 Å². The molecule has 4 nitrogen and oxygen atoms in total. The first-order valence-electron chi connectivity index (χ1n) is 10.1. The summed E-state index contributed by atoms with van der Waals surface area (Å²) in [5, 5.41) is 0.702. The van der Waals surface area contributed by atoms with Crippen molar-refractivity contribution in [1.82, 2.24) is 4.90 Å². The SMILES string of the molecule is Cc1ccc(N=C2S/C(=C/c3ccc(-c4ccc(Br)cc4)o3)C(=O)N2CC(C)C)cc1. The zero-order chi connectivity index (χ0) is 22.0. The Morgan fingerprint density at radius 2 is 1.77 bits per heavy atom. The molecule has 1 aliphatic heterocycles. The summed E-state index contributed by atoms with van der Waals surface area (Å²) >= 11 is 4.84. The van der Waals surface area contributed by atoms with Crippen LogP contribution in [-0.4, -0.2) is 22.5 Å². The molecule has 0 aliphatic carbocycles. The van der Waals surface area contributed by atoms with E-state index in [4.69, 9.17) is 9.41 Å². The minimum atomic E-state index is -0.0360. The lowest BCUT2D eigenvalue weighted by molar-refractivity contribution is -0.122. The van der Waals surface area contributed by atoms with Crippen LogP contribution in [0.25, 0.3) is 17.4 Å². The van der Waals surface area contributed by atoms with E-state index in [1.54, 1.807) is 11.0 Å². The Morgan fingerprint density at radius 1 is 1.06 bits per heavy atom. The molecule has 31 heavy (non-hydrogen) atoms. The summed E-state index contributed by atoms with van der Waals surface area (Å²) in [6.45, 7) is 6.86. The Morgan fingerprint density at radius 3 is 2.45 bits per heavy atom. The van der Waals surface area contributed by atoms with Gasteiger partial charge < -0.3 is 4.42 Å². The minimum Gasteiger partial charge on any atom is -0.457 e. The van der Waals surface area contributed by atoms with Crippen LogP contribution in [0, 0.1) is 12.8 Å². The van der Waals surface area contributed by atoms with Crippen LogP contribution in [0.4, 0.5) is 5.69 Å². The summed E-state index contributed by atoms with van der Waals surface area (Å²) in [5.74, 6) is 1.71. The molecule has 3 aromatic rings. The predicted molar refractivity (Wildman–Crippen MR) is 132 cm³/mol. The Bertz CT molecular complexity index is 1150. The molecule has 0 spiro atoms. The molecular weight excluding hydrogens is 472 g/mol. The molecule has 1 saturated heterocycles. The first-order valence-corrected chi connectivity index (χ1v) is 11.7. The standard InChI is InChI=1S/C25H23BrN2O2S/c1-16(2)15-28-24(29)23(31-25(28)27-20-10-4-17(3)5-11-20)14-21-12-13-22(30-21)18-6-8-19(26)9-7-18/h4-14,16H,15H2,1-3H3/b23-14+,27-25?. The number of amides is 1. The predicted octanol–water partition coefficient (Wildman–Crippen LogP) is 7.28. The van der Waals surface area contributed by atoms with Gasteiger partial charge in [-0.1, -0.05) is 59.6 Å². The lowest BCUT2D eigenvalue weighted by Crippen LogP contribution is -2.32. The fourth-order valence-corrected chi connectivity index (χ4v) is 4.43. The van der Waals surface area contributed by atoms with Gasteiger partial charge in [0, 0.05) is 22.7 Å². The molecule has 158 valence electrons. The van der Waals surface area contributed by atoms with Crippen molar-refractivity contribution in [2.24, 2.45) is 10.9 Å². The van der Waals surface area contributed by atoms with Gasteiger partial charge in [-0.2, -0.15) is 0 Å². The molecule has 4 rings (SSSR count). The largest absolute Gasteiger partial charge is 0.457 e. The van der Waals surface area contributed by atoms with Gasteiger partial charge in [0.2, 0.25) is 0 Å². The van der Waals surface area contributed by atoms with Crippen LogP contribution >= 0.6 is 27.7 Å². The van der Waals surface area contributed by atoms with Crippen LogP contribution in [0.5, 0.6) is 0 Å². The van der Waals surface area contributed by atoms with Crippen LogP contribution < -0.4 is 0 Å². The van der Waals surface area contributed by atoms with Gasteiger partial charge in [0.25, 0.3) is 5.91 Å². The molecule has 1 aliphatic rings. The number of thioether (sulfide) groups is 1. The second kappa shape index (κ2) is 9.28. The zero-order valence-corrected chi connectivity index (χ0v) is 20.0. The normalized spacial score (nSPS) is 16.8. The first-order chi connectivity index (χ1) is 14.9. The highest BCUT2D eigenvalue weighted by Gasteiger charge is 2.34. The Hall–Kier alpha value is -2.57. The van der Waals surface area contributed by atoms with E-state index in [-0.39, 0.29) is 5.91 Å². The molecular formula is C25H23BrN2O2S. The number of hydrogen-bond acceptors (Lipinski definition) is 4. The van der Waals surface area contributed by atoms with Gasteiger partial charge in [0.05, 0.1) is 10.6 Å². The number of rotatable bonds is 5. The molecule has 1 fully saturated rings. The average Bonchev–Trinajstić information content (AvgIpc) is 3.31. The second-order valence-electron chi connectivity index (χ2n) is 7.86. The van der Waals surface area contributed by atoms with E-state index in [1.165, 1.54) is 17.3 Å². The molecule has 0 atom stereocenters. The third-order valence-electron chi connectivity index (χ3n) is 4.72. The number of carbonyl (C=O) groups is 1. The Labute approximate surface area is 195 Å². The van der Waals surface area contributed by atoms with Crippen molar-refractivity contribution >= 4 is 50.5 Å². The van der Waals surface area contributed by atoms with Gasteiger partial charge in [0.15, 0.2) is 5.17 Å². The highest BCUT2D eigenvalue weighted by molar-refractivity contribution is 9.10. The van der Waals surface area contributed by atoms with Crippen molar-refractivity contribution in [2.75, 3.05) is 6.54 Å². The number of hydrogen-bond donors (Lipinski definition) is 0. The number of aryl methyl sites for hydroxylation is 1. The monoisotopic (exact) mass is 494 g/mol. The summed E-state index contributed by atoms with van der Waals surface area (Å²) in [5.41, 5.74) is 3.01. The van der Waals surface area contributed by atoms with Crippen molar-refractivity contribution in [3.8, 4) is 11.3 Å². The maximum atomic E-state index is 13.1.